The van der Waals surface area contributed by atoms with E-state index in [4.69, 9.17) is 19.3 Å². The molecule has 38 heavy (non-hydrogen) atoms. The Hall–Kier alpha value is -4.70. The van der Waals surface area contributed by atoms with E-state index >= 15 is 0 Å². The van der Waals surface area contributed by atoms with Crippen molar-refractivity contribution in [1.29, 1.82) is 0 Å². The van der Waals surface area contributed by atoms with E-state index in [2.05, 4.69) is 31.2 Å². The van der Waals surface area contributed by atoms with Gasteiger partial charge in [-0.1, -0.05) is 59.7 Å². The largest absolute Gasteiger partial charge is 0.508 e. The summed E-state index contributed by atoms with van der Waals surface area (Å²) in [5.41, 5.74) is 4.85. The van der Waals surface area contributed by atoms with Crippen LogP contribution in [0.4, 0.5) is 0 Å². The second-order valence-electron chi connectivity index (χ2n) is 8.99. The Morgan fingerprint density at radius 2 is 0.763 bits per heavy atom. The quantitative estimate of drug-likeness (QED) is 0.240. The van der Waals surface area contributed by atoms with Gasteiger partial charge in [0.15, 0.2) is 0 Å². The van der Waals surface area contributed by atoms with E-state index in [1.807, 2.05) is 91.9 Å². The number of hydrogen-bond donors (Lipinski definition) is 1. The number of phenolic OH excluding ortho intramolecular Hbond substituents is 1. The Kier molecular flexibility index (Phi) is 9.03. The van der Waals surface area contributed by atoms with Crippen LogP contribution in [0.2, 0.25) is 0 Å². The van der Waals surface area contributed by atoms with Gasteiger partial charge in [-0.05, 0) is 104 Å². The summed E-state index contributed by atoms with van der Waals surface area (Å²) < 4.78 is 17.0. The molecule has 0 spiro atoms. The summed E-state index contributed by atoms with van der Waals surface area (Å²) in [5.74, 6) is 4.38. The van der Waals surface area contributed by atoms with E-state index in [-0.39, 0.29) is 0 Å². The summed E-state index contributed by atoms with van der Waals surface area (Å²) >= 11 is 0. The van der Waals surface area contributed by atoms with Gasteiger partial charge in [0.2, 0.25) is 0 Å². The summed E-state index contributed by atoms with van der Waals surface area (Å²) in [4.78, 5) is 0. The van der Waals surface area contributed by atoms with Crippen molar-refractivity contribution in [2.75, 3.05) is 7.11 Å². The molecular formula is C34H32O4. The molecule has 0 unspecified atom stereocenters. The molecule has 0 saturated carbocycles. The van der Waals surface area contributed by atoms with E-state index in [0.717, 1.165) is 35.2 Å². The number of aromatic hydroxyl groups is 1. The average Bonchev–Trinajstić information content (AvgIpc) is 2.94. The van der Waals surface area contributed by atoms with Crippen molar-refractivity contribution in [1.82, 2.24) is 0 Å². The Morgan fingerprint density at radius 3 is 1.13 bits per heavy atom. The predicted molar refractivity (Wildman–Crippen MR) is 153 cm³/mol. The third-order valence-electron chi connectivity index (χ3n) is 5.84. The summed E-state index contributed by atoms with van der Waals surface area (Å²) in [7, 11) is 1.68. The lowest BCUT2D eigenvalue weighted by Gasteiger charge is -2.09. The maximum Gasteiger partial charge on any atom is 0.127 e. The Morgan fingerprint density at radius 1 is 0.447 bits per heavy atom. The van der Waals surface area contributed by atoms with Crippen LogP contribution in [-0.4, -0.2) is 12.2 Å². The number of benzene rings is 5. The number of aryl methyl sites for hydroxylation is 2. The average molecular weight is 505 g/mol. The zero-order valence-corrected chi connectivity index (χ0v) is 21.9. The fourth-order valence-corrected chi connectivity index (χ4v) is 3.65. The van der Waals surface area contributed by atoms with Crippen LogP contribution in [0.5, 0.6) is 34.5 Å². The summed E-state index contributed by atoms with van der Waals surface area (Å²) in [5, 5.41) is 8.76. The minimum absolute atomic E-state index is 0.329. The summed E-state index contributed by atoms with van der Waals surface area (Å²) in [6, 6.07) is 39.1. The number of rotatable bonds is 7. The molecule has 4 nitrogen and oxygen atoms in total. The second kappa shape index (κ2) is 13.0. The Balaban J connectivity index is 0.000000360. The third kappa shape index (κ3) is 8.17. The summed E-state index contributed by atoms with van der Waals surface area (Å²) in [6.45, 7) is 4.04. The van der Waals surface area contributed by atoms with Crippen molar-refractivity contribution < 1.29 is 19.3 Å². The molecule has 192 valence electrons. The van der Waals surface area contributed by atoms with Gasteiger partial charge < -0.3 is 19.3 Å². The fraction of sp³-hybridized carbons (Fsp3) is 0.118. The van der Waals surface area contributed by atoms with E-state index in [9.17, 15) is 0 Å². The highest BCUT2D eigenvalue weighted by Gasteiger charge is 2.02. The molecule has 0 aliphatic heterocycles. The molecule has 1 N–H and O–H groups in total. The molecule has 0 heterocycles. The number of ether oxygens (including phenoxy) is 3. The second-order valence-corrected chi connectivity index (χ2v) is 8.99. The first-order valence-electron chi connectivity index (χ1n) is 12.5. The first-order chi connectivity index (χ1) is 18.5. The van der Waals surface area contributed by atoms with Gasteiger partial charge in [-0.2, -0.15) is 0 Å². The molecule has 5 rings (SSSR count). The minimum Gasteiger partial charge on any atom is -0.508 e. The zero-order chi connectivity index (χ0) is 26.7. The van der Waals surface area contributed by atoms with Crippen LogP contribution in [0.3, 0.4) is 0 Å². The monoisotopic (exact) mass is 504 g/mol. The van der Waals surface area contributed by atoms with Crippen molar-refractivity contribution in [3.63, 3.8) is 0 Å². The first-order valence-corrected chi connectivity index (χ1v) is 12.5. The first kappa shape index (κ1) is 26.4. The topological polar surface area (TPSA) is 47.9 Å². The highest BCUT2D eigenvalue weighted by molar-refractivity contribution is 5.39. The molecule has 0 radical (unpaired) electrons. The van der Waals surface area contributed by atoms with Gasteiger partial charge in [0.1, 0.15) is 34.5 Å². The summed E-state index contributed by atoms with van der Waals surface area (Å²) in [6.07, 6.45) is 0.870. The highest BCUT2D eigenvalue weighted by atomic mass is 16.5. The van der Waals surface area contributed by atoms with Crippen molar-refractivity contribution in [2.45, 2.75) is 20.3 Å². The van der Waals surface area contributed by atoms with E-state index in [1.165, 1.54) is 22.3 Å². The van der Waals surface area contributed by atoms with Gasteiger partial charge in [0.05, 0.1) is 7.11 Å². The smallest absolute Gasteiger partial charge is 0.127 e. The molecule has 0 aliphatic rings. The van der Waals surface area contributed by atoms with Gasteiger partial charge in [0, 0.05) is 0 Å². The maximum atomic E-state index is 8.76. The van der Waals surface area contributed by atoms with Crippen molar-refractivity contribution in [3.05, 3.63) is 144 Å². The normalized spacial score (nSPS) is 10.2. The van der Waals surface area contributed by atoms with Gasteiger partial charge in [-0.3, -0.25) is 0 Å². The van der Waals surface area contributed by atoms with Crippen LogP contribution in [0.15, 0.2) is 121 Å². The zero-order valence-electron chi connectivity index (χ0n) is 21.9. The molecule has 0 amide bonds. The molecule has 0 atom stereocenters. The molecule has 5 aromatic carbocycles. The lowest BCUT2D eigenvalue weighted by atomic mass is 10.0. The Bertz CT molecular complexity index is 1370. The molecular weight excluding hydrogens is 472 g/mol. The van der Waals surface area contributed by atoms with E-state index in [0.29, 0.717) is 5.75 Å². The van der Waals surface area contributed by atoms with Crippen molar-refractivity contribution in [3.8, 4) is 34.5 Å². The van der Waals surface area contributed by atoms with E-state index < -0.39 is 0 Å². The van der Waals surface area contributed by atoms with Gasteiger partial charge in [-0.15, -0.1) is 0 Å². The van der Waals surface area contributed by atoms with Crippen LogP contribution in [0, 0.1) is 13.8 Å². The van der Waals surface area contributed by atoms with Crippen LogP contribution in [-0.2, 0) is 6.42 Å². The van der Waals surface area contributed by atoms with E-state index in [1.54, 1.807) is 19.2 Å². The van der Waals surface area contributed by atoms with Crippen LogP contribution in [0.1, 0.15) is 22.3 Å². The van der Waals surface area contributed by atoms with Gasteiger partial charge in [-0.25, -0.2) is 0 Å². The van der Waals surface area contributed by atoms with Crippen LogP contribution >= 0.6 is 0 Å². The number of methoxy groups -OCH3 is 1. The SMILES string of the molecule is COc1ccc(Cc2ccc(Oc3ccc(Oc4ccc(C)cc4)cc3)cc2)cc1.Cc1ccc(O)cc1. The lowest BCUT2D eigenvalue weighted by Crippen LogP contribution is -1.90. The Labute approximate surface area is 224 Å². The number of hydrogen-bond acceptors (Lipinski definition) is 4. The molecule has 0 bridgehead atoms. The molecule has 4 heteroatoms. The molecule has 0 aliphatic carbocycles. The lowest BCUT2D eigenvalue weighted by molar-refractivity contribution is 0.414. The van der Waals surface area contributed by atoms with Crippen molar-refractivity contribution in [2.24, 2.45) is 0 Å². The predicted octanol–water partition coefficient (Wildman–Crippen LogP) is 8.88. The standard InChI is InChI=1S/C27H24O3.C7H8O/c1-20-3-9-24(10-4-20)29-26-15-17-27(18-16-26)30-25-13-7-22(8-14-25)19-21-5-11-23(28-2)12-6-21;1-6-2-4-7(8)5-3-6/h3-18H,19H2,1-2H3;2-5,8H,1H3. The molecule has 0 aromatic heterocycles. The van der Waals surface area contributed by atoms with Crippen molar-refractivity contribution >= 4 is 0 Å². The highest BCUT2D eigenvalue weighted by Crippen LogP contribution is 2.27. The molecule has 5 aromatic rings. The fourth-order valence-electron chi connectivity index (χ4n) is 3.65. The maximum absolute atomic E-state index is 8.76. The third-order valence-corrected chi connectivity index (χ3v) is 5.84. The van der Waals surface area contributed by atoms with Crippen LogP contribution in [0.25, 0.3) is 0 Å². The van der Waals surface area contributed by atoms with Gasteiger partial charge in [0.25, 0.3) is 0 Å². The molecule has 0 fully saturated rings. The minimum atomic E-state index is 0.329. The molecule has 0 saturated heterocycles. The number of phenols is 1. The van der Waals surface area contributed by atoms with Gasteiger partial charge >= 0.3 is 0 Å². The van der Waals surface area contributed by atoms with Crippen LogP contribution < -0.4 is 14.2 Å².